The molecule has 2 aromatic rings. The van der Waals surface area contributed by atoms with E-state index in [1.54, 1.807) is 17.3 Å². The number of piperazine rings is 1. The van der Waals surface area contributed by atoms with Crippen molar-refractivity contribution in [3.05, 3.63) is 36.3 Å². The van der Waals surface area contributed by atoms with Gasteiger partial charge in [-0.15, -0.1) is 0 Å². The number of anilines is 1. The van der Waals surface area contributed by atoms with E-state index in [1.807, 2.05) is 39.1 Å². The van der Waals surface area contributed by atoms with Gasteiger partial charge < -0.3 is 24.8 Å². The second-order valence-corrected chi connectivity index (χ2v) is 14.9. The molecule has 9 nitrogen and oxygen atoms in total. The van der Waals surface area contributed by atoms with Gasteiger partial charge >= 0.3 is 0 Å². The summed E-state index contributed by atoms with van der Waals surface area (Å²) < 4.78 is 53.5. The summed E-state index contributed by atoms with van der Waals surface area (Å²) in [4.78, 5) is 43.4. The van der Waals surface area contributed by atoms with Crippen LogP contribution in [0, 0.1) is 5.41 Å². The zero-order valence-electron chi connectivity index (χ0n) is 27.5. The lowest BCUT2D eigenvalue weighted by molar-refractivity contribution is -0.221. The Hall–Kier alpha value is -3.41. The molecular weight excluding hydrogens is 609 g/mol. The van der Waals surface area contributed by atoms with Gasteiger partial charge in [0.15, 0.2) is 5.69 Å². The molecule has 6 aliphatic rings. The van der Waals surface area contributed by atoms with E-state index < -0.39 is 22.4 Å². The Balaban J connectivity index is 1.20. The summed E-state index contributed by atoms with van der Waals surface area (Å²) in [5.41, 5.74) is -5.25. The maximum atomic E-state index is 15.8. The number of alkyl halides is 3. The molecule has 2 aromatic heterocycles. The largest absolute Gasteiger partial charge is 0.492 e. The summed E-state index contributed by atoms with van der Waals surface area (Å²) in [7, 11) is 2.03. The van der Waals surface area contributed by atoms with Gasteiger partial charge in [0.05, 0.1) is 17.7 Å². The lowest BCUT2D eigenvalue weighted by Crippen LogP contribution is -2.69. The van der Waals surface area contributed by atoms with Crippen LogP contribution in [-0.4, -0.2) is 107 Å². The molecule has 0 radical (unpaired) electrons. The van der Waals surface area contributed by atoms with Crippen molar-refractivity contribution in [3.63, 3.8) is 0 Å². The van der Waals surface area contributed by atoms with Crippen molar-refractivity contribution in [1.82, 2.24) is 25.1 Å². The van der Waals surface area contributed by atoms with Crippen molar-refractivity contribution in [2.24, 2.45) is 5.41 Å². The van der Waals surface area contributed by atoms with Crippen molar-refractivity contribution in [1.29, 1.82) is 0 Å². The molecule has 2 saturated heterocycles. The molecule has 254 valence electrons. The molecule has 0 aromatic carbocycles. The highest BCUT2D eigenvalue weighted by Crippen LogP contribution is 2.68. The van der Waals surface area contributed by atoms with Crippen molar-refractivity contribution in [2.45, 2.75) is 94.3 Å². The number of carbonyl (C=O) groups excluding carboxylic acids is 2. The van der Waals surface area contributed by atoms with E-state index in [-0.39, 0.29) is 81.2 Å². The fraction of sp³-hybridized carbons (Fsp3) is 0.657. The molecule has 2 atom stereocenters. The number of nitrogens with one attached hydrogen (secondary N) is 1. The Morgan fingerprint density at radius 2 is 1.70 bits per heavy atom. The predicted molar refractivity (Wildman–Crippen MR) is 172 cm³/mol. The number of pyridine rings is 2. The van der Waals surface area contributed by atoms with Gasteiger partial charge in [0, 0.05) is 81.5 Å². The minimum Gasteiger partial charge on any atom is -0.492 e. The average molecular weight is 655 g/mol. The number of aromatic nitrogens is 2. The second kappa shape index (κ2) is 11.6. The van der Waals surface area contributed by atoms with E-state index in [0.29, 0.717) is 36.7 Å². The first-order valence-corrected chi connectivity index (χ1v) is 17.1. The van der Waals surface area contributed by atoms with E-state index in [0.717, 1.165) is 25.1 Å². The van der Waals surface area contributed by atoms with Gasteiger partial charge in [0.25, 0.3) is 5.91 Å². The van der Waals surface area contributed by atoms with Crippen molar-refractivity contribution in [2.75, 3.05) is 51.3 Å². The molecule has 2 amide bonds. The third kappa shape index (κ3) is 5.84. The van der Waals surface area contributed by atoms with Crippen LogP contribution in [-0.2, 0) is 4.79 Å². The Morgan fingerprint density at radius 3 is 2.28 bits per heavy atom. The predicted octanol–water partition coefficient (Wildman–Crippen LogP) is 4.90. The minimum absolute atomic E-state index is 0.0105. The quantitative estimate of drug-likeness (QED) is 0.434. The standard InChI is InChI=1S/C35H45F3N6O3/c1-4-25-16-43(31(46)32-17-33(36)20-34(37,18-32)22-35(38,19-32)21-33)11-12-44(25)26-13-27(47-5-2)28(23-7-6-9-39-14-23)41-29(26)30(45)40-24-8-10-42(3)15-24/h6-7,9,13-14,24-25H,4-5,8,10-12,15-22H2,1-3H3,(H,40,45)/t24-,25-,32?,33?,34?,35?/m1/s1. The van der Waals surface area contributed by atoms with E-state index in [9.17, 15) is 9.59 Å². The van der Waals surface area contributed by atoms with E-state index in [2.05, 4.69) is 20.1 Å². The molecule has 0 spiro atoms. The van der Waals surface area contributed by atoms with Gasteiger partial charge in [-0.25, -0.2) is 18.2 Å². The van der Waals surface area contributed by atoms with Crippen LogP contribution < -0.4 is 15.0 Å². The molecule has 1 N–H and O–H groups in total. The molecule has 6 fully saturated rings. The lowest BCUT2D eigenvalue weighted by Gasteiger charge is -2.63. The monoisotopic (exact) mass is 654 g/mol. The van der Waals surface area contributed by atoms with Crippen LogP contribution in [0.5, 0.6) is 5.75 Å². The maximum absolute atomic E-state index is 15.8. The summed E-state index contributed by atoms with van der Waals surface area (Å²) in [6.07, 6.45) is 3.51. The topological polar surface area (TPSA) is 90.9 Å². The molecule has 47 heavy (non-hydrogen) atoms. The molecule has 4 bridgehead atoms. The summed E-state index contributed by atoms with van der Waals surface area (Å²) >= 11 is 0. The van der Waals surface area contributed by atoms with Crippen LogP contribution in [0.15, 0.2) is 30.6 Å². The summed E-state index contributed by atoms with van der Waals surface area (Å²) in [5, 5.41) is 3.18. The summed E-state index contributed by atoms with van der Waals surface area (Å²) in [6, 6.07) is 5.31. The van der Waals surface area contributed by atoms with Crippen molar-refractivity contribution < 1.29 is 27.5 Å². The first-order chi connectivity index (χ1) is 22.4. The fourth-order valence-electron chi connectivity index (χ4n) is 9.69. The third-order valence-electron chi connectivity index (χ3n) is 11.0. The van der Waals surface area contributed by atoms with Crippen LogP contribution in [0.2, 0.25) is 0 Å². The molecule has 8 rings (SSSR count). The number of hydrogen-bond donors (Lipinski definition) is 1. The highest BCUT2D eigenvalue weighted by Gasteiger charge is 2.72. The number of halogens is 3. The molecule has 12 heteroatoms. The van der Waals surface area contributed by atoms with Gasteiger partial charge in [-0.05, 0) is 64.8 Å². The SMILES string of the molecule is CCOc1cc(N2CCN(C(=O)C34CC5(F)CC(F)(CC(F)(C5)C3)C4)C[C@H]2CC)c(C(=O)N[C@@H]2CCN(C)C2)nc1-c1cccnc1. The van der Waals surface area contributed by atoms with Crippen molar-refractivity contribution >= 4 is 17.5 Å². The highest BCUT2D eigenvalue weighted by molar-refractivity contribution is 5.99. The summed E-state index contributed by atoms with van der Waals surface area (Å²) in [5.74, 6) is -0.112. The molecular formula is C35H45F3N6O3. The Bertz CT molecular complexity index is 1490. The molecule has 0 unspecified atom stereocenters. The van der Waals surface area contributed by atoms with Gasteiger partial charge in [0.2, 0.25) is 5.91 Å². The van der Waals surface area contributed by atoms with Crippen LogP contribution in [0.1, 0.15) is 75.7 Å². The first kappa shape index (κ1) is 32.2. The third-order valence-corrected chi connectivity index (χ3v) is 11.0. The number of carbonyl (C=O) groups is 2. The maximum Gasteiger partial charge on any atom is 0.272 e. The first-order valence-electron chi connectivity index (χ1n) is 17.1. The number of rotatable bonds is 8. The van der Waals surface area contributed by atoms with Crippen LogP contribution >= 0.6 is 0 Å². The van der Waals surface area contributed by atoms with Crippen LogP contribution in [0.4, 0.5) is 18.9 Å². The average Bonchev–Trinajstić information content (AvgIpc) is 3.42. The Kier molecular flexibility index (Phi) is 7.96. The van der Waals surface area contributed by atoms with Gasteiger partial charge in [-0.2, -0.15) is 0 Å². The number of likely N-dealkylation sites (N-methyl/N-ethyl adjacent to an activating group) is 1. The minimum atomic E-state index is -1.99. The van der Waals surface area contributed by atoms with Crippen molar-refractivity contribution in [3.8, 4) is 17.0 Å². The zero-order valence-corrected chi connectivity index (χ0v) is 27.5. The zero-order chi connectivity index (χ0) is 33.2. The number of ether oxygens (including phenoxy) is 1. The Morgan fingerprint density at radius 1 is 1.00 bits per heavy atom. The Labute approximate surface area is 274 Å². The number of likely N-dealkylation sites (tertiary alicyclic amines) is 1. The van der Waals surface area contributed by atoms with Crippen LogP contribution in [0.25, 0.3) is 11.3 Å². The lowest BCUT2D eigenvalue weighted by atomic mass is 9.46. The molecule has 2 aliphatic heterocycles. The van der Waals surface area contributed by atoms with Gasteiger partial charge in [-0.1, -0.05) is 6.92 Å². The smallest absolute Gasteiger partial charge is 0.272 e. The fourth-order valence-corrected chi connectivity index (χ4v) is 9.69. The normalized spacial score (nSPS) is 34.9. The van der Waals surface area contributed by atoms with Gasteiger partial charge in [0.1, 0.15) is 28.4 Å². The van der Waals surface area contributed by atoms with E-state index >= 15 is 13.2 Å². The molecule has 4 heterocycles. The van der Waals surface area contributed by atoms with Crippen LogP contribution in [0.3, 0.4) is 0 Å². The van der Waals surface area contributed by atoms with E-state index in [4.69, 9.17) is 9.72 Å². The number of amides is 2. The summed E-state index contributed by atoms with van der Waals surface area (Å²) in [6.45, 7) is 6.85. The van der Waals surface area contributed by atoms with Gasteiger partial charge in [-0.3, -0.25) is 14.6 Å². The number of nitrogens with zero attached hydrogens (tertiary/aromatic N) is 5. The van der Waals surface area contributed by atoms with E-state index in [1.165, 1.54) is 0 Å². The highest BCUT2D eigenvalue weighted by atomic mass is 19.2. The second-order valence-electron chi connectivity index (χ2n) is 14.9. The molecule has 4 saturated carbocycles. The molecule has 4 aliphatic carbocycles. The number of hydrogen-bond acceptors (Lipinski definition) is 7.